The van der Waals surface area contributed by atoms with Crippen LogP contribution in [0.3, 0.4) is 0 Å². The van der Waals surface area contributed by atoms with Crippen LogP contribution < -0.4 is 16.0 Å². The summed E-state index contributed by atoms with van der Waals surface area (Å²) in [6, 6.07) is 29.5. The Balaban J connectivity index is 1.29. The summed E-state index contributed by atoms with van der Waals surface area (Å²) in [7, 11) is 0. The molecule has 5 rings (SSSR count). The lowest BCUT2D eigenvalue weighted by Gasteiger charge is -2.28. The van der Waals surface area contributed by atoms with Gasteiger partial charge < -0.3 is 10.2 Å². The molecule has 3 aromatic carbocycles. The highest BCUT2D eigenvalue weighted by Gasteiger charge is 2.21. The van der Waals surface area contributed by atoms with Crippen LogP contribution in [0.25, 0.3) is 10.2 Å². The van der Waals surface area contributed by atoms with Crippen molar-refractivity contribution in [3.8, 4) is 0 Å². The maximum atomic E-state index is 13.5. The summed E-state index contributed by atoms with van der Waals surface area (Å²) in [5.74, 6) is 0.216. The summed E-state index contributed by atoms with van der Waals surface area (Å²) in [5.41, 5.74) is 3.44. The van der Waals surface area contributed by atoms with Crippen molar-refractivity contribution in [2.75, 3.05) is 38.0 Å². The van der Waals surface area contributed by atoms with Crippen LogP contribution in [0.2, 0.25) is 0 Å². The zero-order valence-electron chi connectivity index (χ0n) is 21.1. The molecule has 0 saturated carbocycles. The highest BCUT2D eigenvalue weighted by atomic mass is 32.1. The zero-order valence-corrected chi connectivity index (χ0v) is 21.9. The number of carbonyl (C=O) groups excluding carboxylic acids is 1. The van der Waals surface area contributed by atoms with E-state index >= 15 is 0 Å². The van der Waals surface area contributed by atoms with Gasteiger partial charge in [0.05, 0.1) is 10.2 Å². The van der Waals surface area contributed by atoms with Gasteiger partial charge in [0, 0.05) is 44.7 Å². The van der Waals surface area contributed by atoms with Crippen LogP contribution in [0.4, 0.5) is 9.93 Å². The van der Waals surface area contributed by atoms with E-state index in [2.05, 4.69) is 69.5 Å². The van der Waals surface area contributed by atoms with Crippen LogP contribution in [0.15, 0.2) is 84.9 Å². The van der Waals surface area contributed by atoms with Crippen LogP contribution >= 0.6 is 11.3 Å². The van der Waals surface area contributed by atoms with Crippen molar-refractivity contribution in [2.24, 2.45) is 0 Å². The smallest absolute Gasteiger partial charge is 0.323 e. The molecular formula is C30H34N5OS. The third-order valence-electron chi connectivity index (χ3n) is 6.97. The first kappa shape index (κ1) is 25.4. The molecule has 1 aliphatic rings. The molecular weight excluding hydrogens is 478 g/mol. The number of hydrogen-bond acceptors (Lipinski definition) is 4. The number of anilines is 1. The highest BCUT2D eigenvalue weighted by molar-refractivity contribution is 7.22. The highest BCUT2D eigenvalue weighted by Crippen LogP contribution is 2.29. The first-order valence-electron chi connectivity index (χ1n) is 13.1. The van der Waals surface area contributed by atoms with Gasteiger partial charge in [-0.1, -0.05) is 84.1 Å². The Morgan fingerprint density at radius 1 is 0.892 bits per heavy atom. The number of nitrogens with one attached hydrogen (secondary N) is 2. The summed E-state index contributed by atoms with van der Waals surface area (Å²) in [6.07, 6.45) is 2.98. The van der Waals surface area contributed by atoms with Crippen molar-refractivity contribution in [2.45, 2.75) is 31.2 Å². The van der Waals surface area contributed by atoms with Gasteiger partial charge in [-0.3, -0.25) is 5.32 Å². The number of thiazole rings is 1. The van der Waals surface area contributed by atoms with Crippen LogP contribution in [-0.2, 0) is 0 Å². The first-order chi connectivity index (χ1) is 18.3. The summed E-state index contributed by atoms with van der Waals surface area (Å²) >= 11 is 1.51. The lowest BCUT2D eigenvalue weighted by atomic mass is 9.88. The molecule has 2 N–H and O–H groups in total. The van der Waals surface area contributed by atoms with E-state index in [4.69, 9.17) is 0 Å². The molecule has 0 atom stereocenters. The fourth-order valence-electron chi connectivity index (χ4n) is 4.95. The molecule has 1 radical (unpaired) electrons. The Hall–Kier alpha value is -3.26. The van der Waals surface area contributed by atoms with Gasteiger partial charge in [-0.25, -0.2) is 15.1 Å². The molecule has 4 aromatic rings. The molecule has 1 saturated heterocycles. The number of aromatic nitrogens is 1. The number of nitrogens with zero attached hydrogens (tertiary/aromatic N) is 3. The minimum Gasteiger partial charge on any atom is -0.323 e. The number of fused-ring (bicyclic) bond motifs is 1. The van der Waals surface area contributed by atoms with Gasteiger partial charge in [0.1, 0.15) is 0 Å². The van der Waals surface area contributed by atoms with Gasteiger partial charge in [0.15, 0.2) is 5.13 Å². The average Bonchev–Trinajstić information content (AvgIpc) is 3.36. The Bertz CT molecular complexity index is 1180. The van der Waals surface area contributed by atoms with E-state index in [-0.39, 0.29) is 11.9 Å². The Morgan fingerprint density at radius 3 is 2.22 bits per heavy atom. The van der Waals surface area contributed by atoms with Gasteiger partial charge in [-0.2, -0.15) is 0 Å². The van der Waals surface area contributed by atoms with E-state index in [1.54, 1.807) is 0 Å². The molecule has 1 aromatic heterocycles. The van der Waals surface area contributed by atoms with E-state index in [1.165, 1.54) is 22.5 Å². The predicted molar refractivity (Wildman–Crippen MR) is 152 cm³/mol. The molecule has 37 heavy (non-hydrogen) atoms. The standard InChI is InChI=1S/C30H34N5OS/c36-30(34-29-33-27-13-7-8-14-28(27)37-29)35(22-20-32-25-15-18-31-19-16-25)21-17-26(23-9-3-1-4-10-23)24-11-5-2-6-12-24/h1-14,25-26,32H,15-22H2,(H,33,34,36). The lowest BCUT2D eigenvalue weighted by Crippen LogP contribution is -2.44. The molecule has 1 aliphatic heterocycles. The zero-order chi connectivity index (χ0) is 25.3. The minimum absolute atomic E-state index is 0.0978. The second-order valence-electron chi connectivity index (χ2n) is 9.47. The van der Waals surface area contributed by atoms with Gasteiger partial charge >= 0.3 is 6.03 Å². The van der Waals surface area contributed by atoms with Crippen molar-refractivity contribution >= 4 is 32.7 Å². The minimum atomic E-state index is -0.0978. The van der Waals surface area contributed by atoms with Gasteiger partial charge in [0.2, 0.25) is 0 Å². The number of benzene rings is 3. The van der Waals surface area contributed by atoms with Crippen molar-refractivity contribution < 1.29 is 4.79 Å². The largest absolute Gasteiger partial charge is 0.323 e. The molecule has 0 unspecified atom stereocenters. The number of carbonyl (C=O) groups is 1. The third kappa shape index (κ3) is 6.95. The molecule has 2 heterocycles. The molecule has 0 aliphatic carbocycles. The SMILES string of the molecule is O=C(Nc1nc2ccccc2s1)N(CCNC1CC[N]CC1)CCC(c1ccccc1)c1ccccc1. The van der Waals surface area contributed by atoms with Gasteiger partial charge in [-0.15, -0.1) is 0 Å². The Morgan fingerprint density at radius 2 is 1.54 bits per heavy atom. The second kappa shape index (κ2) is 12.8. The van der Waals surface area contributed by atoms with Crippen LogP contribution in [0, 0.1) is 0 Å². The number of amides is 2. The number of rotatable bonds is 10. The van der Waals surface area contributed by atoms with Crippen molar-refractivity contribution in [1.82, 2.24) is 20.5 Å². The number of para-hydroxylation sites is 1. The third-order valence-corrected chi connectivity index (χ3v) is 7.92. The topological polar surface area (TPSA) is 71.4 Å². The number of urea groups is 1. The monoisotopic (exact) mass is 512 g/mol. The molecule has 0 spiro atoms. The Labute approximate surface area is 223 Å². The number of piperidine rings is 1. The summed E-state index contributed by atoms with van der Waals surface area (Å²) in [4.78, 5) is 20.0. The first-order valence-corrected chi connectivity index (χ1v) is 14.0. The average molecular weight is 513 g/mol. The van der Waals surface area contributed by atoms with Crippen LogP contribution in [0.1, 0.15) is 36.3 Å². The maximum Gasteiger partial charge on any atom is 0.323 e. The molecule has 0 bridgehead atoms. The van der Waals surface area contributed by atoms with Gasteiger partial charge in [0.25, 0.3) is 0 Å². The van der Waals surface area contributed by atoms with Crippen molar-refractivity contribution in [3.05, 3.63) is 96.1 Å². The Kier molecular flexibility index (Phi) is 8.79. The normalized spacial score (nSPS) is 14.2. The molecule has 6 nitrogen and oxygen atoms in total. The van der Waals surface area contributed by atoms with E-state index in [1.807, 2.05) is 41.3 Å². The summed E-state index contributed by atoms with van der Waals surface area (Å²) in [5, 5.41) is 11.8. The number of hydrogen-bond donors (Lipinski definition) is 2. The predicted octanol–water partition coefficient (Wildman–Crippen LogP) is 5.71. The molecule has 1 fully saturated rings. The second-order valence-corrected chi connectivity index (χ2v) is 10.5. The molecule has 7 heteroatoms. The van der Waals surface area contributed by atoms with Gasteiger partial charge in [-0.05, 0) is 42.5 Å². The fourth-order valence-corrected chi connectivity index (χ4v) is 5.81. The summed E-state index contributed by atoms with van der Waals surface area (Å²) < 4.78 is 1.07. The van der Waals surface area contributed by atoms with E-state index in [0.717, 1.165) is 49.1 Å². The van der Waals surface area contributed by atoms with Crippen LogP contribution in [0.5, 0.6) is 0 Å². The van der Waals surface area contributed by atoms with Crippen molar-refractivity contribution in [1.29, 1.82) is 0 Å². The van der Waals surface area contributed by atoms with Crippen molar-refractivity contribution in [3.63, 3.8) is 0 Å². The van der Waals surface area contributed by atoms with E-state index in [0.29, 0.717) is 24.3 Å². The maximum absolute atomic E-state index is 13.5. The molecule has 191 valence electrons. The quantitative estimate of drug-likeness (QED) is 0.286. The van der Waals surface area contributed by atoms with E-state index in [9.17, 15) is 4.79 Å². The van der Waals surface area contributed by atoms with E-state index < -0.39 is 0 Å². The van der Waals surface area contributed by atoms with Crippen LogP contribution in [-0.4, -0.2) is 54.7 Å². The summed E-state index contributed by atoms with van der Waals surface area (Å²) in [6.45, 7) is 3.90. The molecule has 2 amide bonds. The lowest BCUT2D eigenvalue weighted by molar-refractivity contribution is 0.208. The fraction of sp³-hybridized carbons (Fsp3) is 0.333.